The molecule has 2 amide bonds. The molecule has 10 rings (SSSR count). The molecule has 0 saturated heterocycles. The molecule has 1 atom stereocenters. The topological polar surface area (TPSA) is 47.1 Å². The molecule has 0 N–H and O–H groups in total. The van der Waals surface area contributed by atoms with E-state index in [1.54, 1.807) is 23.5 Å². The Hall–Kier alpha value is -5.93. The van der Waals surface area contributed by atoms with Gasteiger partial charge in [-0.05, 0) is 83.9 Å². The fourth-order valence-corrected chi connectivity index (χ4v) is 11.8. The average Bonchev–Trinajstić information content (AvgIpc) is 3.62. The molecule has 6 aromatic carbocycles. The van der Waals surface area contributed by atoms with Crippen molar-refractivity contribution in [3.8, 4) is 0 Å². The number of amides is 2. The predicted octanol–water partition coefficient (Wildman–Crippen LogP) is 13.3. The highest BCUT2D eigenvalue weighted by molar-refractivity contribution is 8.00. The Labute approximate surface area is 377 Å². The van der Waals surface area contributed by atoms with Crippen LogP contribution in [0.5, 0.6) is 0 Å². The van der Waals surface area contributed by atoms with Crippen molar-refractivity contribution in [2.24, 2.45) is 0 Å². The number of nitrogens with zero attached hydrogens (tertiary/aromatic N) is 4. The normalized spacial score (nSPS) is 18.4. The summed E-state index contributed by atoms with van der Waals surface area (Å²) in [6.07, 6.45) is 10.6. The van der Waals surface area contributed by atoms with E-state index in [-0.39, 0.29) is 41.8 Å². The second kappa shape index (κ2) is 15.8. The van der Waals surface area contributed by atoms with Crippen LogP contribution in [0.2, 0.25) is 5.02 Å². The van der Waals surface area contributed by atoms with Crippen molar-refractivity contribution in [3.63, 3.8) is 0 Å². The zero-order chi connectivity index (χ0) is 42.8. The predicted molar refractivity (Wildman–Crippen MR) is 257 cm³/mol. The van der Waals surface area contributed by atoms with E-state index in [1.165, 1.54) is 11.1 Å². The first-order valence-electron chi connectivity index (χ1n) is 20.9. The van der Waals surface area contributed by atoms with Crippen LogP contribution in [0.4, 0.5) is 34.1 Å². The Balaban J connectivity index is 0.948. The number of rotatable bonds is 7. The molecule has 4 aliphatic rings. The van der Waals surface area contributed by atoms with Crippen molar-refractivity contribution < 1.29 is 9.59 Å². The van der Waals surface area contributed by atoms with Gasteiger partial charge in [-0.25, -0.2) is 0 Å². The molecule has 6 nitrogen and oxygen atoms in total. The molecule has 6 aromatic rings. The summed E-state index contributed by atoms with van der Waals surface area (Å²) in [6.45, 7) is 9.32. The number of hydrogen-bond acceptors (Lipinski definition) is 6. The van der Waals surface area contributed by atoms with Gasteiger partial charge in [0.25, 0.3) is 11.8 Å². The molecule has 0 aromatic heterocycles. The number of carbonyl (C=O) groups is 2. The molecule has 0 saturated carbocycles. The van der Waals surface area contributed by atoms with Gasteiger partial charge in [-0.3, -0.25) is 19.4 Å². The molecule has 4 aliphatic heterocycles. The first kappa shape index (κ1) is 40.2. The highest BCUT2D eigenvalue weighted by atomic mass is 35.5. The summed E-state index contributed by atoms with van der Waals surface area (Å²) in [4.78, 5) is 41.7. The average molecular weight is 870 g/mol. The first-order valence-corrected chi connectivity index (χ1v) is 22.9. The number of anilines is 6. The van der Waals surface area contributed by atoms with Crippen molar-refractivity contribution >= 4 is 81.1 Å². The third-order valence-electron chi connectivity index (χ3n) is 12.6. The summed E-state index contributed by atoms with van der Waals surface area (Å²) in [6, 6.07) is 46.9. The smallest absolute Gasteiger partial charge is 0.251 e. The zero-order valence-electron chi connectivity index (χ0n) is 35.0. The quantitative estimate of drug-likeness (QED) is 0.149. The van der Waals surface area contributed by atoms with E-state index in [4.69, 9.17) is 11.6 Å². The third-order valence-corrected chi connectivity index (χ3v) is 15.1. The van der Waals surface area contributed by atoms with Crippen molar-refractivity contribution in [2.45, 2.75) is 64.1 Å². The molecule has 308 valence electrons. The monoisotopic (exact) mass is 868 g/mol. The van der Waals surface area contributed by atoms with Crippen LogP contribution in [-0.4, -0.2) is 30.9 Å². The maximum Gasteiger partial charge on any atom is 0.251 e. The molecule has 0 bridgehead atoms. The molecule has 0 spiro atoms. The summed E-state index contributed by atoms with van der Waals surface area (Å²) in [5, 5.41) is 0.588. The summed E-state index contributed by atoms with van der Waals surface area (Å²) in [7, 11) is 0. The van der Waals surface area contributed by atoms with Gasteiger partial charge in [-0.1, -0.05) is 160 Å². The standard InChI is InChI=1S/C53H45ClN4O2S2/c1-52(2)36-18-8-10-20-38(36)55(33-50(59)57-40-22-12-15-25-44(40)61-45-26-16-13-23-41(45)57)48(52)28-6-5-7-29-49-53(3,4)37-19-9-11-21-39(37)56(49)34-51(60)58-42-24-14-17-27-46(42)62-47-31-30-35(54)32-43(47)58/h5-32,48H,33-34H2,1-4H3. The van der Waals surface area contributed by atoms with E-state index < -0.39 is 0 Å². The van der Waals surface area contributed by atoms with Gasteiger partial charge in [-0.15, -0.1) is 0 Å². The van der Waals surface area contributed by atoms with Gasteiger partial charge in [0.1, 0.15) is 6.54 Å². The summed E-state index contributed by atoms with van der Waals surface area (Å²) in [5.74, 6) is -0.0241. The van der Waals surface area contributed by atoms with Crippen LogP contribution in [-0.2, 0) is 20.4 Å². The van der Waals surface area contributed by atoms with Crippen LogP contribution in [0.3, 0.4) is 0 Å². The van der Waals surface area contributed by atoms with Gasteiger partial charge >= 0.3 is 0 Å². The summed E-state index contributed by atoms with van der Waals surface area (Å²) in [5.41, 5.74) is 8.37. The van der Waals surface area contributed by atoms with E-state index in [2.05, 4.69) is 129 Å². The Morgan fingerprint density at radius 2 is 1.06 bits per heavy atom. The molecule has 0 aliphatic carbocycles. The van der Waals surface area contributed by atoms with Crippen LogP contribution < -0.4 is 19.6 Å². The molecule has 4 heterocycles. The zero-order valence-corrected chi connectivity index (χ0v) is 37.3. The van der Waals surface area contributed by atoms with Gasteiger partial charge in [0.05, 0.1) is 35.3 Å². The second-order valence-corrected chi connectivity index (χ2v) is 19.6. The minimum Gasteiger partial charge on any atom is -0.355 e. The van der Waals surface area contributed by atoms with Crippen LogP contribution in [0.15, 0.2) is 195 Å². The van der Waals surface area contributed by atoms with Crippen LogP contribution in [0, 0.1) is 0 Å². The number of fused-ring (bicyclic) bond motifs is 6. The Morgan fingerprint density at radius 3 is 1.69 bits per heavy atom. The van der Waals surface area contributed by atoms with E-state index in [9.17, 15) is 9.59 Å². The van der Waals surface area contributed by atoms with Crippen molar-refractivity contribution in [2.75, 3.05) is 32.7 Å². The second-order valence-electron chi connectivity index (χ2n) is 17.0. The summed E-state index contributed by atoms with van der Waals surface area (Å²) < 4.78 is 0. The fourth-order valence-electron chi connectivity index (χ4n) is 9.58. The van der Waals surface area contributed by atoms with E-state index >= 15 is 0 Å². The lowest BCUT2D eigenvalue weighted by molar-refractivity contribution is -0.117. The minimum absolute atomic E-state index is 0.0208. The molecule has 1 unspecified atom stereocenters. The molecule has 62 heavy (non-hydrogen) atoms. The lowest BCUT2D eigenvalue weighted by Gasteiger charge is -2.35. The Bertz CT molecular complexity index is 2840. The maximum atomic E-state index is 14.7. The number of para-hydroxylation sites is 5. The minimum atomic E-state index is -0.363. The molecule has 0 fully saturated rings. The van der Waals surface area contributed by atoms with E-state index in [1.807, 2.05) is 88.7 Å². The van der Waals surface area contributed by atoms with Gasteiger partial charge in [0.2, 0.25) is 0 Å². The fraction of sp³-hybridized carbons (Fsp3) is 0.170. The highest BCUT2D eigenvalue weighted by Crippen LogP contribution is 2.52. The lowest BCUT2D eigenvalue weighted by Crippen LogP contribution is -2.46. The Morgan fingerprint density at radius 1 is 0.565 bits per heavy atom. The van der Waals surface area contributed by atoms with Crippen molar-refractivity contribution in [1.29, 1.82) is 0 Å². The van der Waals surface area contributed by atoms with Gasteiger partial charge in [0, 0.05) is 52.5 Å². The summed E-state index contributed by atoms with van der Waals surface area (Å²) >= 11 is 9.89. The molecular weight excluding hydrogens is 824 g/mol. The largest absolute Gasteiger partial charge is 0.355 e. The van der Waals surface area contributed by atoms with Crippen molar-refractivity contribution in [1.82, 2.24) is 0 Å². The van der Waals surface area contributed by atoms with Gasteiger partial charge in [0.15, 0.2) is 0 Å². The molecule has 0 radical (unpaired) electrons. The van der Waals surface area contributed by atoms with E-state index in [0.29, 0.717) is 5.02 Å². The van der Waals surface area contributed by atoms with Gasteiger partial charge in [-0.2, -0.15) is 0 Å². The number of benzene rings is 6. The van der Waals surface area contributed by atoms with Crippen molar-refractivity contribution in [3.05, 3.63) is 192 Å². The number of allylic oxidation sites excluding steroid dienone is 5. The first-order chi connectivity index (χ1) is 30.0. The van der Waals surface area contributed by atoms with Gasteiger partial charge < -0.3 is 9.80 Å². The van der Waals surface area contributed by atoms with Crippen LogP contribution in [0.25, 0.3) is 0 Å². The maximum absolute atomic E-state index is 14.7. The highest BCUT2D eigenvalue weighted by Gasteiger charge is 2.45. The number of hydrogen-bond donors (Lipinski definition) is 0. The number of carbonyl (C=O) groups excluding carboxylic acids is 2. The Kier molecular flexibility index (Phi) is 10.2. The van der Waals surface area contributed by atoms with E-state index in [0.717, 1.165) is 59.4 Å². The number of halogens is 1. The third kappa shape index (κ3) is 6.76. The SMILES string of the molecule is CC1(C)C(=CC=CC=CC2N(CC(=O)N3c4ccccc4Sc4ccccc43)c3ccccc3C2(C)C)N(CC(=O)N2c3ccccc3Sc3ccc(Cl)cc32)c2ccccc21. The van der Waals surface area contributed by atoms with Crippen LogP contribution in [0.1, 0.15) is 38.8 Å². The molecule has 9 heteroatoms. The molecular formula is C53H45ClN4O2S2. The van der Waals surface area contributed by atoms with Crippen LogP contribution >= 0.6 is 35.1 Å². The lowest BCUT2D eigenvalue weighted by atomic mass is 9.80.